The molecule has 0 bridgehead atoms. The Labute approximate surface area is 73.6 Å². The van der Waals surface area contributed by atoms with E-state index in [1.807, 2.05) is 13.8 Å². The molecule has 12 heavy (non-hydrogen) atoms. The minimum Gasteiger partial charge on any atom is -0.455 e. The van der Waals surface area contributed by atoms with Gasteiger partial charge in [0.15, 0.2) is 0 Å². The van der Waals surface area contributed by atoms with Crippen LogP contribution in [-0.4, -0.2) is 11.6 Å². The Morgan fingerprint density at radius 2 is 2.08 bits per heavy atom. The summed E-state index contributed by atoms with van der Waals surface area (Å²) >= 11 is 0. The van der Waals surface area contributed by atoms with E-state index in [0.717, 1.165) is 0 Å². The van der Waals surface area contributed by atoms with Crippen LogP contribution in [0.5, 0.6) is 0 Å². The van der Waals surface area contributed by atoms with Gasteiger partial charge in [0.1, 0.15) is 5.60 Å². The molecule has 68 valence electrons. The maximum atomic E-state index is 11.1. The molecule has 0 amide bonds. The quantitative estimate of drug-likeness (QED) is 0.443. The van der Waals surface area contributed by atoms with Gasteiger partial charge >= 0.3 is 5.97 Å². The van der Waals surface area contributed by atoms with Gasteiger partial charge in [-0.15, -0.1) is 0 Å². The average molecular weight is 168 g/mol. The van der Waals surface area contributed by atoms with Crippen molar-refractivity contribution < 1.29 is 9.53 Å². The number of ether oxygens (including phenoxy) is 1. The van der Waals surface area contributed by atoms with Gasteiger partial charge in [0.05, 0.1) is 6.42 Å². The lowest BCUT2D eigenvalue weighted by molar-refractivity contribution is -0.153. The predicted octanol–water partition coefficient (Wildman–Crippen LogP) is 2.29. The van der Waals surface area contributed by atoms with Gasteiger partial charge in [-0.05, 0) is 25.8 Å². The van der Waals surface area contributed by atoms with Crippen LogP contribution in [0.1, 0.15) is 34.1 Å². The van der Waals surface area contributed by atoms with Crippen molar-refractivity contribution >= 4 is 5.97 Å². The van der Waals surface area contributed by atoms with Crippen molar-refractivity contribution in [3.63, 3.8) is 0 Å². The highest BCUT2D eigenvalue weighted by molar-refractivity contribution is 5.74. The number of rotatable bonds is 1. The Bertz CT molecular complexity index is 224. The number of esters is 1. The molecule has 0 atom stereocenters. The molecule has 0 aromatic carbocycles. The highest BCUT2D eigenvalue weighted by Crippen LogP contribution is 2.27. The molecule has 0 aromatic rings. The first-order valence-corrected chi connectivity index (χ1v) is 4.34. The highest BCUT2D eigenvalue weighted by atomic mass is 16.6. The first-order valence-electron chi connectivity index (χ1n) is 4.34. The standard InChI is InChI=1S/C10H16O2/c1-7(2)8-5-9(11)12-10(3,4)6-8/h6-7H,5H2,1-4H3. The Hall–Kier alpha value is -0.790. The van der Waals surface area contributed by atoms with Gasteiger partial charge in [0.2, 0.25) is 0 Å². The van der Waals surface area contributed by atoms with Crippen molar-refractivity contribution in [2.45, 2.75) is 39.7 Å². The molecule has 0 aromatic heterocycles. The van der Waals surface area contributed by atoms with E-state index in [1.165, 1.54) is 5.57 Å². The van der Waals surface area contributed by atoms with Crippen LogP contribution in [0.25, 0.3) is 0 Å². The van der Waals surface area contributed by atoms with Crippen molar-refractivity contribution in [1.82, 2.24) is 0 Å². The van der Waals surface area contributed by atoms with E-state index in [2.05, 4.69) is 19.9 Å². The Balaban J connectivity index is 2.88. The largest absolute Gasteiger partial charge is 0.455 e. The van der Waals surface area contributed by atoms with E-state index in [9.17, 15) is 4.79 Å². The molecule has 1 heterocycles. The molecule has 0 N–H and O–H groups in total. The summed E-state index contributed by atoms with van der Waals surface area (Å²) in [5.41, 5.74) is 0.783. The lowest BCUT2D eigenvalue weighted by Crippen LogP contribution is -2.31. The third-order valence-electron chi connectivity index (χ3n) is 2.00. The normalized spacial score (nSPS) is 22.1. The summed E-state index contributed by atoms with van der Waals surface area (Å²) in [6.45, 7) is 8.01. The van der Waals surface area contributed by atoms with E-state index in [4.69, 9.17) is 4.74 Å². The predicted molar refractivity (Wildman–Crippen MR) is 47.7 cm³/mol. The first kappa shape index (κ1) is 9.30. The fourth-order valence-electron chi connectivity index (χ4n) is 1.39. The van der Waals surface area contributed by atoms with E-state index in [1.54, 1.807) is 0 Å². The van der Waals surface area contributed by atoms with E-state index in [0.29, 0.717) is 12.3 Å². The van der Waals surface area contributed by atoms with Crippen LogP contribution in [0.2, 0.25) is 0 Å². The monoisotopic (exact) mass is 168 g/mol. The van der Waals surface area contributed by atoms with Gasteiger partial charge < -0.3 is 4.74 Å². The second-order valence-electron chi connectivity index (χ2n) is 4.13. The fraction of sp³-hybridized carbons (Fsp3) is 0.700. The van der Waals surface area contributed by atoms with Crippen LogP contribution in [-0.2, 0) is 9.53 Å². The molecule has 0 saturated heterocycles. The zero-order chi connectivity index (χ0) is 9.35. The SMILES string of the molecule is CC(C)C1=CC(C)(C)OC(=O)C1. The van der Waals surface area contributed by atoms with Gasteiger partial charge in [-0.25, -0.2) is 0 Å². The first-order chi connectivity index (χ1) is 5.41. The van der Waals surface area contributed by atoms with Crippen LogP contribution in [0.15, 0.2) is 11.6 Å². The van der Waals surface area contributed by atoms with Crippen molar-refractivity contribution in [1.29, 1.82) is 0 Å². The summed E-state index contributed by atoms with van der Waals surface area (Å²) in [5.74, 6) is 0.336. The molecule has 1 rings (SSSR count). The Morgan fingerprint density at radius 3 is 2.50 bits per heavy atom. The van der Waals surface area contributed by atoms with E-state index < -0.39 is 5.60 Å². The molecule has 2 heteroatoms. The third kappa shape index (κ3) is 2.10. The molecular weight excluding hydrogens is 152 g/mol. The fourth-order valence-corrected chi connectivity index (χ4v) is 1.39. The Kier molecular flexibility index (Phi) is 2.27. The maximum absolute atomic E-state index is 11.1. The van der Waals surface area contributed by atoms with Crippen LogP contribution in [0.3, 0.4) is 0 Å². The lowest BCUT2D eigenvalue weighted by atomic mass is 9.92. The van der Waals surface area contributed by atoms with Crippen molar-refractivity contribution in [2.24, 2.45) is 5.92 Å². The molecule has 0 spiro atoms. The zero-order valence-electron chi connectivity index (χ0n) is 8.18. The Morgan fingerprint density at radius 1 is 1.50 bits per heavy atom. The summed E-state index contributed by atoms with van der Waals surface area (Å²) in [6, 6.07) is 0. The van der Waals surface area contributed by atoms with Gasteiger partial charge in [0, 0.05) is 0 Å². The van der Waals surface area contributed by atoms with Crippen molar-refractivity contribution in [3.05, 3.63) is 11.6 Å². The smallest absolute Gasteiger partial charge is 0.310 e. The van der Waals surface area contributed by atoms with Crippen LogP contribution >= 0.6 is 0 Å². The van der Waals surface area contributed by atoms with Crippen LogP contribution in [0.4, 0.5) is 0 Å². The number of hydrogen-bond donors (Lipinski definition) is 0. The second-order valence-corrected chi connectivity index (χ2v) is 4.13. The van der Waals surface area contributed by atoms with Crippen molar-refractivity contribution in [2.75, 3.05) is 0 Å². The second kappa shape index (κ2) is 2.92. The van der Waals surface area contributed by atoms with Crippen LogP contribution in [0, 0.1) is 5.92 Å². The summed E-state index contributed by atoms with van der Waals surface area (Å²) in [6.07, 6.45) is 2.51. The zero-order valence-corrected chi connectivity index (χ0v) is 8.18. The summed E-state index contributed by atoms with van der Waals surface area (Å²) in [5, 5.41) is 0. The van der Waals surface area contributed by atoms with E-state index >= 15 is 0 Å². The lowest BCUT2D eigenvalue weighted by Gasteiger charge is -2.29. The molecule has 0 aliphatic carbocycles. The minimum atomic E-state index is -0.408. The molecule has 0 unspecified atom stereocenters. The van der Waals surface area contributed by atoms with Gasteiger partial charge in [-0.1, -0.05) is 19.4 Å². The van der Waals surface area contributed by atoms with Gasteiger partial charge in [-0.3, -0.25) is 4.79 Å². The van der Waals surface area contributed by atoms with E-state index in [-0.39, 0.29) is 5.97 Å². The summed E-state index contributed by atoms with van der Waals surface area (Å²) in [4.78, 5) is 11.1. The van der Waals surface area contributed by atoms with Crippen LogP contribution < -0.4 is 0 Å². The van der Waals surface area contributed by atoms with Crippen molar-refractivity contribution in [3.8, 4) is 0 Å². The number of carbonyl (C=O) groups excluding carboxylic acids is 1. The molecule has 0 saturated carbocycles. The highest BCUT2D eigenvalue weighted by Gasteiger charge is 2.27. The third-order valence-corrected chi connectivity index (χ3v) is 2.00. The maximum Gasteiger partial charge on any atom is 0.310 e. The molecular formula is C10H16O2. The minimum absolute atomic E-state index is 0.105. The molecule has 0 radical (unpaired) electrons. The summed E-state index contributed by atoms with van der Waals surface area (Å²) < 4.78 is 5.14. The summed E-state index contributed by atoms with van der Waals surface area (Å²) in [7, 11) is 0. The molecule has 0 fully saturated rings. The van der Waals surface area contributed by atoms with Gasteiger partial charge in [0.25, 0.3) is 0 Å². The molecule has 1 aliphatic heterocycles. The number of cyclic esters (lactones) is 1. The number of carbonyl (C=O) groups is 1. The molecule has 1 aliphatic rings. The number of hydrogen-bond acceptors (Lipinski definition) is 2. The molecule has 2 nitrogen and oxygen atoms in total. The van der Waals surface area contributed by atoms with Gasteiger partial charge in [-0.2, -0.15) is 0 Å². The average Bonchev–Trinajstić information content (AvgIpc) is 1.82. The topological polar surface area (TPSA) is 26.3 Å².